The Morgan fingerprint density at radius 3 is 2.68 bits per heavy atom. The highest BCUT2D eigenvalue weighted by Crippen LogP contribution is 2.34. The molecular formula is C22H24ClFN2O2. The van der Waals surface area contributed by atoms with Crippen LogP contribution in [0.5, 0.6) is 0 Å². The van der Waals surface area contributed by atoms with Crippen molar-refractivity contribution < 1.29 is 14.0 Å². The molecule has 1 fully saturated rings. The van der Waals surface area contributed by atoms with Crippen LogP contribution in [0.25, 0.3) is 0 Å². The molecule has 148 valence electrons. The molecule has 0 aromatic heterocycles. The summed E-state index contributed by atoms with van der Waals surface area (Å²) in [5, 5.41) is 3.44. The molecule has 0 aliphatic carbocycles. The molecule has 0 radical (unpaired) electrons. The highest BCUT2D eigenvalue weighted by molar-refractivity contribution is 6.30. The van der Waals surface area contributed by atoms with Gasteiger partial charge in [0.2, 0.25) is 5.91 Å². The molecule has 0 saturated carbocycles. The van der Waals surface area contributed by atoms with Crippen molar-refractivity contribution in [3.63, 3.8) is 0 Å². The van der Waals surface area contributed by atoms with Crippen LogP contribution in [0.2, 0.25) is 5.02 Å². The number of hydrogen-bond acceptors (Lipinski definition) is 2. The molecule has 2 aromatic rings. The molecule has 1 aliphatic heterocycles. The minimum absolute atomic E-state index is 0.0934. The summed E-state index contributed by atoms with van der Waals surface area (Å²) in [5.41, 5.74) is 1.22. The van der Waals surface area contributed by atoms with E-state index in [-0.39, 0.29) is 23.5 Å². The average Bonchev–Trinajstić information content (AvgIpc) is 3.13. The minimum Gasteiger partial charge on any atom is -0.356 e. The second-order valence-electron chi connectivity index (χ2n) is 7.13. The van der Waals surface area contributed by atoms with Crippen LogP contribution in [0.1, 0.15) is 41.6 Å². The van der Waals surface area contributed by atoms with Gasteiger partial charge in [0, 0.05) is 36.1 Å². The number of benzene rings is 2. The Labute approximate surface area is 169 Å². The van der Waals surface area contributed by atoms with E-state index in [2.05, 4.69) is 12.2 Å². The van der Waals surface area contributed by atoms with Crippen molar-refractivity contribution in [2.75, 3.05) is 19.6 Å². The molecule has 2 aromatic carbocycles. The first kappa shape index (κ1) is 20.3. The number of rotatable bonds is 6. The monoisotopic (exact) mass is 402 g/mol. The van der Waals surface area contributed by atoms with Gasteiger partial charge in [0.15, 0.2) is 0 Å². The smallest absolute Gasteiger partial charge is 0.253 e. The largest absolute Gasteiger partial charge is 0.356 e. The summed E-state index contributed by atoms with van der Waals surface area (Å²) in [6, 6.07) is 13.0. The number of likely N-dealkylation sites (tertiary alicyclic amines) is 1. The summed E-state index contributed by atoms with van der Waals surface area (Å²) in [7, 11) is 0. The molecule has 4 nitrogen and oxygen atoms in total. The molecule has 1 heterocycles. The van der Waals surface area contributed by atoms with Crippen LogP contribution in [0, 0.1) is 11.7 Å². The fourth-order valence-electron chi connectivity index (χ4n) is 3.63. The van der Waals surface area contributed by atoms with E-state index in [0.29, 0.717) is 30.2 Å². The van der Waals surface area contributed by atoms with E-state index >= 15 is 0 Å². The van der Waals surface area contributed by atoms with Crippen molar-refractivity contribution in [1.29, 1.82) is 0 Å². The molecule has 28 heavy (non-hydrogen) atoms. The lowest BCUT2D eigenvalue weighted by Gasteiger charge is -2.18. The van der Waals surface area contributed by atoms with Gasteiger partial charge in [0.1, 0.15) is 5.82 Å². The molecule has 2 atom stereocenters. The van der Waals surface area contributed by atoms with Crippen molar-refractivity contribution in [3.8, 4) is 0 Å². The molecule has 1 saturated heterocycles. The predicted molar refractivity (Wildman–Crippen MR) is 108 cm³/mol. The van der Waals surface area contributed by atoms with Gasteiger partial charge in [0.25, 0.3) is 5.91 Å². The molecule has 6 heteroatoms. The zero-order valence-electron chi connectivity index (χ0n) is 15.8. The zero-order chi connectivity index (χ0) is 20.1. The summed E-state index contributed by atoms with van der Waals surface area (Å²) >= 11 is 6.01. The zero-order valence-corrected chi connectivity index (χ0v) is 16.6. The summed E-state index contributed by atoms with van der Waals surface area (Å²) in [4.78, 5) is 27.4. The maximum absolute atomic E-state index is 13.8. The Hall–Kier alpha value is -2.40. The minimum atomic E-state index is -0.415. The number of nitrogens with one attached hydrogen (secondary N) is 1. The number of nitrogens with zero attached hydrogens (tertiary/aromatic N) is 1. The highest BCUT2D eigenvalue weighted by Gasteiger charge is 2.40. The average molecular weight is 403 g/mol. The number of hydrogen-bond donors (Lipinski definition) is 1. The SMILES string of the molecule is CCCCNC(=O)C1CN(C(=O)c2cccc(Cl)c2)CC1c1cccc(F)c1. The molecule has 2 unspecified atom stereocenters. The van der Waals surface area contributed by atoms with Gasteiger partial charge in [0.05, 0.1) is 5.92 Å². The van der Waals surface area contributed by atoms with Crippen LogP contribution >= 0.6 is 11.6 Å². The Morgan fingerprint density at radius 2 is 1.96 bits per heavy atom. The van der Waals surface area contributed by atoms with Gasteiger partial charge in [-0.25, -0.2) is 4.39 Å². The van der Waals surface area contributed by atoms with Crippen molar-refractivity contribution in [2.45, 2.75) is 25.7 Å². The summed E-state index contributed by atoms with van der Waals surface area (Å²) in [6.45, 7) is 3.32. The molecule has 0 bridgehead atoms. The van der Waals surface area contributed by atoms with E-state index in [4.69, 9.17) is 11.6 Å². The van der Waals surface area contributed by atoms with Crippen molar-refractivity contribution in [3.05, 3.63) is 70.5 Å². The van der Waals surface area contributed by atoms with Crippen LogP contribution in [0.4, 0.5) is 4.39 Å². The number of carbonyl (C=O) groups is 2. The van der Waals surface area contributed by atoms with Crippen LogP contribution in [-0.4, -0.2) is 36.3 Å². The molecule has 1 N–H and O–H groups in total. The van der Waals surface area contributed by atoms with Crippen LogP contribution < -0.4 is 5.32 Å². The third-order valence-electron chi connectivity index (χ3n) is 5.12. The molecular weight excluding hydrogens is 379 g/mol. The normalized spacial score (nSPS) is 18.9. The Morgan fingerprint density at radius 1 is 1.18 bits per heavy atom. The lowest BCUT2D eigenvalue weighted by atomic mass is 9.88. The first-order chi connectivity index (χ1) is 13.5. The third-order valence-corrected chi connectivity index (χ3v) is 5.36. The van der Waals surface area contributed by atoms with Gasteiger partial charge in [-0.05, 0) is 42.3 Å². The summed E-state index contributed by atoms with van der Waals surface area (Å²) < 4.78 is 13.8. The van der Waals surface area contributed by atoms with E-state index in [1.165, 1.54) is 12.1 Å². The van der Waals surface area contributed by atoms with Gasteiger partial charge in [-0.15, -0.1) is 0 Å². The second kappa shape index (κ2) is 9.20. The molecule has 3 rings (SSSR count). The predicted octanol–water partition coefficient (Wildman–Crippen LogP) is 4.25. The number of halogens is 2. The maximum Gasteiger partial charge on any atom is 0.253 e. The highest BCUT2D eigenvalue weighted by atomic mass is 35.5. The number of carbonyl (C=O) groups excluding carboxylic acids is 2. The van der Waals surface area contributed by atoms with Gasteiger partial charge in [-0.3, -0.25) is 9.59 Å². The van der Waals surface area contributed by atoms with Gasteiger partial charge >= 0.3 is 0 Å². The lowest BCUT2D eigenvalue weighted by Crippen LogP contribution is -2.36. The standard InChI is InChI=1S/C22H24ClFN2O2/c1-2-3-10-25-21(27)20-14-26(22(28)16-7-4-8-17(23)11-16)13-19(20)15-6-5-9-18(24)12-15/h4-9,11-12,19-20H,2-3,10,13-14H2,1H3,(H,25,27). The van der Waals surface area contributed by atoms with E-state index in [0.717, 1.165) is 18.4 Å². The number of amides is 2. The Kier molecular flexibility index (Phi) is 6.68. The van der Waals surface area contributed by atoms with Crippen molar-refractivity contribution >= 4 is 23.4 Å². The lowest BCUT2D eigenvalue weighted by molar-refractivity contribution is -0.124. The molecule has 1 aliphatic rings. The Balaban J connectivity index is 1.83. The second-order valence-corrected chi connectivity index (χ2v) is 7.57. The summed E-state index contributed by atoms with van der Waals surface area (Å²) in [5.74, 6) is -1.28. The van der Waals surface area contributed by atoms with E-state index < -0.39 is 5.92 Å². The molecule has 2 amide bonds. The number of unbranched alkanes of at least 4 members (excludes halogenated alkanes) is 1. The Bertz CT molecular complexity index is 858. The van der Waals surface area contributed by atoms with Gasteiger partial charge in [-0.2, -0.15) is 0 Å². The van der Waals surface area contributed by atoms with Gasteiger partial charge in [-0.1, -0.05) is 43.1 Å². The van der Waals surface area contributed by atoms with Crippen LogP contribution in [0.15, 0.2) is 48.5 Å². The van der Waals surface area contributed by atoms with E-state index in [9.17, 15) is 14.0 Å². The van der Waals surface area contributed by atoms with Crippen molar-refractivity contribution in [2.24, 2.45) is 5.92 Å². The maximum atomic E-state index is 13.8. The van der Waals surface area contributed by atoms with Crippen LogP contribution in [0.3, 0.4) is 0 Å². The fourth-order valence-corrected chi connectivity index (χ4v) is 3.82. The fraction of sp³-hybridized carbons (Fsp3) is 0.364. The molecule has 0 spiro atoms. The third kappa shape index (κ3) is 4.71. The quantitative estimate of drug-likeness (QED) is 0.734. The van der Waals surface area contributed by atoms with Crippen molar-refractivity contribution in [1.82, 2.24) is 10.2 Å². The summed E-state index contributed by atoms with van der Waals surface area (Å²) in [6.07, 6.45) is 1.88. The topological polar surface area (TPSA) is 49.4 Å². The van der Waals surface area contributed by atoms with Crippen LogP contribution in [-0.2, 0) is 4.79 Å². The first-order valence-corrected chi connectivity index (χ1v) is 9.95. The first-order valence-electron chi connectivity index (χ1n) is 9.57. The van der Waals surface area contributed by atoms with E-state index in [1.807, 2.05) is 6.07 Å². The van der Waals surface area contributed by atoms with E-state index in [1.54, 1.807) is 35.2 Å². The van der Waals surface area contributed by atoms with Gasteiger partial charge < -0.3 is 10.2 Å².